The fourth-order valence-corrected chi connectivity index (χ4v) is 1.87. The molecule has 0 saturated heterocycles. The van der Waals surface area contributed by atoms with Gasteiger partial charge in [-0.1, -0.05) is 6.92 Å². The molecule has 0 spiro atoms. The third kappa shape index (κ3) is 3.51. The smallest absolute Gasteiger partial charge is 0.339 e. The van der Waals surface area contributed by atoms with Crippen LogP contribution >= 0.6 is 0 Å². The van der Waals surface area contributed by atoms with E-state index in [1.54, 1.807) is 43.5 Å². The highest BCUT2D eigenvalue weighted by Crippen LogP contribution is 2.23. The number of aryl methyl sites for hydroxylation is 1. The van der Waals surface area contributed by atoms with Crippen molar-refractivity contribution in [3.05, 3.63) is 47.7 Å². The normalized spacial score (nSPS) is 10.0. The molecule has 0 saturated carbocycles. The molecule has 0 radical (unpaired) electrons. The number of pyridine rings is 1. The highest BCUT2D eigenvalue weighted by atomic mass is 16.5. The molecule has 1 aromatic carbocycles. The molecule has 0 amide bonds. The first-order chi connectivity index (χ1) is 10.2. The zero-order valence-electron chi connectivity index (χ0n) is 12.3. The molecule has 1 heterocycles. The fraction of sp³-hybridized carbons (Fsp3) is 0.250. The number of carbonyl (C=O) groups excluding carboxylic acids is 1. The second-order valence-electron chi connectivity index (χ2n) is 4.27. The van der Waals surface area contributed by atoms with Gasteiger partial charge in [0.25, 0.3) is 0 Å². The Kier molecular flexibility index (Phi) is 4.77. The first kappa shape index (κ1) is 14.8. The maximum Gasteiger partial charge on any atom is 0.339 e. The molecule has 0 aliphatic carbocycles. The standard InChI is InChI=1S/C16H17NO4/c1-4-14-13(16(18)20-3)9-10-15(17-14)21-12-7-5-11(19-2)6-8-12/h5-10H,4H2,1-3H3. The third-order valence-corrected chi connectivity index (χ3v) is 2.97. The molecule has 0 fully saturated rings. The van der Waals surface area contributed by atoms with Crippen LogP contribution in [0, 0.1) is 0 Å². The number of esters is 1. The SMILES string of the molecule is CCc1nc(Oc2ccc(OC)cc2)ccc1C(=O)OC. The molecule has 2 aromatic rings. The Labute approximate surface area is 123 Å². The quantitative estimate of drug-likeness (QED) is 0.790. The van der Waals surface area contributed by atoms with Crippen molar-refractivity contribution in [2.75, 3.05) is 14.2 Å². The Morgan fingerprint density at radius 3 is 2.29 bits per heavy atom. The number of benzene rings is 1. The van der Waals surface area contributed by atoms with Crippen molar-refractivity contribution in [3.8, 4) is 17.4 Å². The summed E-state index contributed by atoms with van der Waals surface area (Å²) in [7, 11) is 2.96. The van der Waals surface area contributed by atoms with E-state index in [1.807, 2.05) is 6.92 Å². The highest BCUT2D eigenvalue weighted by molar-refractivity contribution is 5.90. The molecule has 0 bridgehead atoms. The van der Waals surface area contributed by atoms with Gasteiger partial charge in [-0.2, -0.15) is 0 Å². The van der Waals surface area contributed by atoms with Crippen molar-refractivity contribution < 1.29 is 19.0 Å². The molecular weight excluding hydrogens is 270 g/mol. The predicted molar refractivity (Wildman–Crippen MR) is 78.0 cm³/mol. The molecule has 0 atom stereocenters. The first-order valence-electron chi connectivity index (χ1n) is 6.58. The molecule has 5 nitrogen and oxygen atoms in total. The van der Waals surface area contributed by atoms with Gasteiger partial charge in [0.15, 0.2) is 0 Å². The highest BCUT2D eigenvalue weighted by Gasteiger charge is 2.13. The molecule has 0 aliphatic rings. The second-order valence-corrected chi connectivity index (χ2v) is 4.27. The van der Waals surface area contributed by atoms with Gasteiger partial charge in [0.1, 0.15) is 11.5 Å². The van der Waals surface area contributed by atoms with E-state index in [9.17, 15) is 4.79 Å². The molecule has 0 unspecified atom stereocenters. The number of ether oxygens (including phenoxy) is 3. The van der Waals surface area contributed by atoms with Crippen LogP contribution in [0.1, 0.15) is 23.0 Å². The van der Waals surface area contributed by atoms with E-state index < -0.39 is 5.97 Å². The van der Waals surface area contributed by atoms with Crippen molar-refractivity contribution in [2.45, 2.75) is 13.3 Å². The summed E-state index contributed by atoms with van der Waals surface area (Å²) in [6.45, 7) is 1.92. The summed E-state index contributed by atoms with van der Waals surface area (Å²) in [6, 6.07) is 10.5. The van der Waals surface area contributed by atoms with E-state index in [0.29, 0.717) is 29.3 Å². The average Bonchev–Trinajstić information content (AvgIpc) is 2.54. The summed E-state index contributed by atoms with van der Waals surface area (Å²) in [5.41, 5.74) is 1.11. The molecule has 0 aliphatic heterocycles. The number of carbonyl (C=O) groups is 1. The van der Waals surface area contributed by atoms with E-state index >= 15 is 0 Å². The van der Waals surface area contributed by atoms with Gasteiger partial charge >= 0.3 is 5.97 Å². The van der Waals surface area contributed by atoms with E-state index in [0.717, 1.165) is 5.75 Å². The number of rotatable bonds is 5. The number of methoxy groups -OCH3 is 2. The summed E-state index contributed by atoms with van der Waals surface area (Å²) in [4.78, 5) is 16.0. The van der Waals surface area contributed by atoms with Gasteiger partial charge in [0.05, 0.1) is 25.5 Å². The van der Waals surface area contributed by atoms with Crippen LogP contribution in [0.25, 0.3) is 0 Å². The molecule has 110 valence electrons. The Morgan fingerprint density at radius 1 is 1.05 bits per heavy atom. The lowest BCUT2D eigenvalue weighted by Crippen LogP contribution is -2.07. The monoisotopic (exact) mass is 287 g/mol. The van der Waals surface area contributed by atoms with Gasteiger partial charge in [-0.25, -0.2) is 9.78 Å². The van der Waals surface area contributed by atoms with Gasteiger partial charge in [-0.3, -0.25) is 0 Å². The van der Waals surface area contributed by atoms with Crippen LogP contribution in [0.4, 0.5) is 0 Å². The Hall–Kier alpha value is -2.56. The fourth-order valence-electron chi connectivity index (χ4n) is 1.87. The number of hydrogen-bond acceptors (Lipinski definition) is 5. The van der Waals surface area contributed by atoms with Crippen molar-refractivity contribution in [1.82, 2.24) is 4.98 Å². The Balaban J connectivity index is 2.22. The van der Waals surface area contributed by atoms with Crippen molar-refractivity contribution >= 4 is 5.97 Å². The zero-order valence-corrected chi connectivity index (χ0v) is 12.3. The Morgan fingerprint density at radius 2 is 1.71 bits per heavy atom. The summed E-state index contributed by atoms with van der Waals surface area (Å²) in [6.07, 6.45) is 0.615. The lowest BCUT2D eigenvalue weighted by Gasteiger charge is -2.09. The molecule has 0 N–H and O–H groups in total. The van der Waals surface area contributed by atoms with Crippen LogP contribution in [0.5, 0.6) is 17.4 Å². The van der Waals surface area contributed by atoms with E-state index in [2.05, 4.69) is 4.98 Å². The van der Waals surface area contributed by atoms with Crippen molar-refractivity contribution in [2.24, 2.45) is 0 Å². The molecule has 5 heteroatoms. The maximum atomic E-state index is 11.6. The van der Waals surface area contributed by atoms with Crippen LogP contribution < -0.4 is 9.47 Å². The summed E-state index contributed by atoms with van der Waals surface area (Å²) < 4.78 is 15.5. The van der Waals surface area contributed by atoms with Gasteiger partial charge < -0.3 is 14.2 Å². The molecule has 21 heavy (non-hydrogen) atoms. The minimum atomic E-state index is -0.393. The third-order valence-electron chi connectivity index (χ3n) is 2.97. The first-order valence-corrected chi connectivity index (χ1v) is 6.58. The van der Waals surface area contributed by atoms with Crippen LogP contribution in [0.3, 0.4) is 0 Å². The summed E-state index contributed by atoms with van der Waals surface area (Å²) in [5.74, 6) is 1.45. The molecular formula is C16H17NO4. The van der Waals surface area contributed by atoms with Gasteiger partial charge in [-0.15, -0.1) is 0 Å². The van der Waals surface area contributed by atoms with Crippen LogP contribution in [0.15, 0.2) is 36.4 Å². The van der Waals surface area contributed by atoms with Gasteiger partial charge in [-0.05, 0) is 36.8 Å². The lowest BCUT2D eigenvalue weighted by atomic mass is 10.1. The number of aromatic nitrogens is 1. The van der Waals surface area contributed by atoms with Crippen LogP contribution in [0.2, 0.25) is 0 Å². The summed E-state index contributed by atoms with van der Waals surface area (Å²) in [5, 5.41) is 0. The number of hydrogen-bond donors (Lipinski definition) is 0. The topological polar surface area (TPSA) is 57.7 Å². The summed E-state index contributed by atoms with van der Waals surface area (Å²) >= 11 is 0. The maximum absolute atomic E-state index is 11.6. The zero-order chi connectivity index (χ0) is 15.2. The van der Waals surface area contributed by atoms with E-state index in [-0.39, 0.29) is 0 Å². The Bertz CT molecular complexity index is 623. The van der Waals surface area contributed by atoms with Crippen molar-refractivity contribution in [1.29, 1.82) is 0 Å². The van der Waals surface area contributed by atoms with E-state index in [1.165, 1.54) is 7.11 Å². The van der Waals surface area contributed by atoms with Crippen molar-refractivity contribution in [3.63, 3.8) is 0 Å². The molecule has 1 aromatic heterocycles. The minimum Gasteiger partial charge on any atom is -0.497 e. The lowest BCUT2D eigenvalue weighted by molar-refractivity contribution is 0.0599. The minimum absolute atomic E-state index is 0.393. The van der Waals surface area contributed by atoms with Gasteiger partial charge in [0.2, 0.25) is 5.88 Å². The number of nitrogens with zero attached hydrogens (tertiary/aromatic N) is 1. The largest absolute Gasteiger partial charge is 0.497 e. The second kappa shape index (κ2) is 6.74. The van der Waals surface area contributed by atoms with Crippen LogP contribution in [-0.2, 0) is 11.2 Å². The average molecular weight is 287 g/mol. The van der Waals surface area contributed by atoms with Gasteiger partial charge in [0, 0.05) is 6.07 Å². The van der Waals surface area contributed by atoms with Crippen LogP contribution in [-0.4, -0.2) is 25.2 Å². The predicted octanol–water partition coefficient (Wildman–Crippen LogP) is 3.23. The molecule has 2 rings (SSSR count). The van der Waals surface area contributed by atoms with E-state index in [4.69, 9.17) is 14.2 Å².